The molecule has 0 saturated carbocycles. The monoisotopic (exact) mass is 328 g/mol. The van der Waals surface area contributed by atoms with Gasteiger partial charge in [-0.3, -0.25) is 4.98 Å². The maximum absolute atomic E-state index is 5.82. The van der Waals surface area contributed by atoms with E-state index in [9.17, 15) is 0 Å². The molecule has 0 aliphatic carbocycles. The van der Waals surface area contributed by atoms with Crippen LogP contribution in [0.1, 0.15) is 18.9 Å². The van der Waals surface area contributed by atoms with Crippen molar-refractivity contribution in [3.8, 4) is 0 Å². The molecule has 1 aliphatic heterocycles. The van der Waals surface area contributed by atoms with Crippen molar-refractivity contribution >= 4 is 15.9 Å². The predicted molar refractivity (Wildman–Crippen MR) is 78.3 cm³/mol. The number of nitrogens with one attached hydrogen (secondary N) is 1. The van der Waals surface area contributed by atoms with Gasteiger partial charge in [0, 0.05) is 22.9 Å². The maximum atomic E-state index is 5.82. The van der Waals surface area contributed by atoms with Crippen LogP contribution in [0.25, 0.3) is 0 Å². The number of hydrogen-bond donors (Lipinski definition) is 1. The van der Waals surface area contributed by atoms with Crippen LogP contribution in [0, 0.1) is 0 Å². The van der Waals surface area contributed by atoms with Crippen molar-refractivity contribution in [3.63, 3.8) is 0 Å². The molecule has 4 nitrogen and oxygen atoms in total. The van der Waals surface area contributed by atoms with Crippen LogP contribution >= 0.6 is 15.9 Å². The molecule has 5 heteroatoms. The standard InChI is InChI=1S/C14H21BrN2O2/c1-2-3-17-13(14-10-18-4-5-19-14)7-11-6-12(15)9-16-8-11/h6,8-9,13-14,17H,2-5,7,10H2,1H3. The largest absolute Gasteiger partial charge is 0.376 e. The van der Waals surface area contributed by atoms with Crippen molar-refractivity contribution in [3.05, 3.63) is 28.5 Å². The Morgan fingerprint density at radius 3 is 3.05 bits per heavy atom. The highest BCUT2D eigenvalue weighted by atomic mass is 79.9. The fourth-order valence-electron chi connectivity index (χ4n) is 2.22. The molecule has 1 N–H and O–H groups in total. The number of halogens is 1. The first-order chi connectivity index (χ1) is 9.29. The molecule has 1 aliphatic rings. The normalized spacial score (nSPS) is 21.3. The highest BCUT2D eigenvalue weighted by molar-refractivity contribution is 9.10. The highest BCUT2D eigenvalue weighted by Gasteiger charge is 2.24. The summed E-state index contributed by atoms with van der Waals surface area (Å²) in [7, 11) is 0. The first-order valence-corrected chi connectivity index (χ1v) is 7.61. The lowest BCUT2D eigenvalue weighted by Gasteiger charge is -2.31. The van der Waals surface area contributed by atoms with E-state index in [1.807, 2.05) is 6.20 Å². The maximum Gasteiger partial charge on any atom is 0.0965 e. The zero-order valence-electron chi connectivity index (χ0n) is 11.3. The Hall–Kier alpha value is -0.490. The molecule has 1 fully saturated rings. The van der Waals surface area contributed by atoms with Crippen LogP contribution in [0.2, 0.25) is 0 Å². The van der Waals surface area contributed by atoms with Gasteiger partial charge in [0.2, 0.25) is 0 Å². The van der Waals surface area contributed by atoms with E-state index in [1.165, 1.54) is 5.56 Å². The Kier molecular flexibility index (Phi) is 6.23. The predicted octanol–water partition coefficient (Wildman–Crippen LogP) is 2.17. The zero-order valence-corrected chi connectivity index (χ0v) is 12.9. The molecule has 2 unspecified atom stereocenters. The summed E-state index contributed by atoms with van der Waals surface area (Å²) >= 11 is 3.46. The van der Waals surface area contributed by atoms with E-state index in [1.54, 1.807) is 6.20 Å². The van der Waals surface area contributed by atoms with Gasteiger partial charge in [-0.15, -0.1) is 0 Å². The Morgan fingerprint density at radius 2 is 2.37 bits per heavy atom. The van der Waals surface area contributed by atoms with Gasteiger partial charge in [-0.2, -0.15) is 0 Å². The third-order valence-electron chi connectivity index (χ3n) is 3.16. The summed E-state index contributed by atoms with van der Waals surface area (Å²) in [6.07, 6.45) is 5.86. The molecule has 1 aromatic heterocycles. The van der Waals surface area contributed by atoms with Crippen LogP contribution in [-0.4, -0.2) is 43.5 Å². The first kappa shape index (κ1) is 14.9. The molecular weight excluding hydrogens is 308 g/mol. The summed E-state index contributed by atoms with van der Waals surface area (Å²) in [6, 6.07) is 2.38. The number of ether oxygens (including phenoxy) is 2. The molecular formula is C14H21BrN2O2. The molecule has 0 aromatic carbocycles. The summed E-state index contributed by atoms with van der Waals surface area (Å²) < 4.78 is 12.3. The summed E-state index contributed by atoms with van der Waals surface area (Å²) in [5.74, 6) is 0. The fraction of sp³-hybridized carbons (Fsp3) is 0.643. The van der Waals surface area contributed by atoms with Crippen LogP contribution in [-0.2, 0) is 15.9 Å². The molecule has 0 radical (unpaired) electrons. The third-order valence-corrected chi connectivity index (χ3v) is 3.60. The van der Waals surface area contributed by atoms with Gasteiger partial charge < -0.3 is 14.8 Å². The van der Waals surface area contributed by atoms with Crippen molar-refractivity contribution in [1.82, 2.24) is 10.3 Å². The minimum absolute atomic E-state index is 0.124. The van der Waals surface area contributed by atoms with Crippen molar-refractivity contribution in [2.75, 3.05) is 26.4 Å². The molecule has 2 atom stereocenters. The van der Waals surface area contributed by atoms with E-state index >= 15 is 0 Å². The van der Waals surface area contributed by atoms with Gasteiger partial charge in [0.05, 0.1) is 25.9 Å². The second-order valence-corrected chi connectivity index (χ2v) is 5.68. The van der Waals surface area contributed by atoms with Gasteiger partial charge >= 0.3 is 0 Å². The topological polar surface area (TPSA) is 43.4 Å². The molecule has 0 amide bonds. The van der Waals surface area contributed by atoms with Crippen molar-refractivity contribution in [2.24, 2.45) is 0 Å². The van der Waals surface area contributed by atoms with E-state index in [0.717, 1.165) is 23.9 Å². The Morgan fingerprint density at radius 1 is 1.47 bits per heavy atom. The van der Waals surface area contributed by atoms with Gasteiger partial charge in [0.15, 0.2) is 0 Å². The van der Waals surface area contributed by atoms with Crippen LogP contribution in [0.3, 0.4) is 0 Å². The zero-order chi connectivity index (χ0) is 13.5. The first-order valence-electron chi connectivity index (χ1n) is 6.81. The molecule has 0 bridgehead atoms. The van der Waals surface area contributed by atoms with Crippen molar-refractivity contribution in [1.29, 1.82) is 0 Å². The second kappa shape index (κ2) is 7.94. The minimum Gasteiger partial charge on any atom is -0.376 e. The number of rotatable bonds is 6. The SMILES string of the molecule is CCCNC(Cc1cncc(Br)c1)C1COCCO1. The summed E-state index contributed by atoms with van der Waals surface area (Å²) in [6.45, 7) is 5.22. The molecule has 2 heterocycles. The van der Waals surface area contributed by atoms with Gasteiger partial charge in [0.25, 0.3) is 0 Å². The molecule has 1 aromatic rings. The number of aromatic nitrogens is 1. The number of hydrogen-bond acceptors (Lipinski definition) is 4. The van der Waals surface area contributed by atoms with Gasteiger partial charge in [-0.05, 0) is 46.9 Å². The molecule has 106 valence electrons. The molecule has 0 spiro atoms. The number of pyridine rings is 1. The van der Waals surface area contributed by atoms with Gasteiger partial charge in [0.1, 0.15) is 0 Å². The van der Waals surface area contributed by atoms with E-state index in [0.29, 0.717) is 19.8 Å². The average Bonchev–Trinajstić information content (AvgIpc) is 2.44. The molecule has 2 rings (SSSR count). The third kappa shape index (κ3) is 4.84. The Balaban J connectivity index is 1.99. The quantitative estimate of drug-likeness (QED) is 0.869. The van der Waals surface area contributed by atoms with Crippen LogP contribution < -0.4 is 5.32 Å². The number of nitrogens with zero attached hydrogens (tertiary/aromatic N) is 1. The van der Waals surface area contributed by atoms with Crippen LogP contribution in [0.5, 0.6) is 0 Å². The second-order valence-electron chi connectivity index (χ2n) is 4.76. The Labute approximate surface area is 123 Å². The lowest BCUT2D eigenvalue weighted by Crippen LogP contribution is -2.48. The lowest BCUT2D eigenvalue weighted by atomic mass is 10.0. The van der Waals surface area contributed by atoms with Crippen LogP contribution in [0.15, 0.2) is 22.9 Å². The van der Waals surface area contributed by atoms with E-state index in [-0.39, 0.29) is 12.1 Å². The minimum atomic E-state index is 0.124. The van der Waals surface area contributed by atoms with E-state index < -0.39 is 0 Å². The summed E-state index contributed by atoms with van der Waals surface area (Å²) in [5, 5.41) is 3.56. The fourth-order valence-corrected chi connectivity index (χ4v) is 2.64. The Bertz CT molecular complexity index is 383. The van der Waals surface area contributed by atoms with E-state index in [2.05, 4.69) is 39.2 Å². The van der Waals surface area contributed by atoms with Crippen molar-refractivity contribution in [2.45, 2.75) is 31.9 Å². The summed E-state index contributed by atoms with van der Waals surface area (Å²) in [5.41, 5.74) is 1.21. The van der Waals surface area contributed by atoms with Gasteiger partial charge in [-0.1, -0.05) is 6.92 Å². The lowest BCUT2D eigenvalue weighted by molar-refractivity contribution is -0.101. The van der Waals surface area contributed by atoms with Crippen molar-refractivity contribution < 1.29 is 9.47 Å². The van der Waals surface area contributed by atoms with Gasteiger partial charge in [-0.25, -0.2) is 0 Å². The van der Waals surface area contributed by atoms with E-state index in [4.69, 9.17) is 9.47 Å². The molecule has 19 heavy (non-hydrogen) atoms. The molecule has 1 saturated heterocycles. The average molecular weight is 329 g/mol. The van der Waals surface area contributed by atoms with Crippen LogP contribution in [0.4, 0.5) is 0 Å². The smallest absolute Gasteiger partial charge is 0.0965 e. The highest BCUT2D eigenvalue weighted by Crippen LogP contribution is 2.15. The summed E-state index contributed by atoms with van der Waals surface area (Å²) in [4.78, 5) is 4.22.